The van der Waals surface area contributed by atoms with Gasteiger partial charge in [-0.15, -0.1) is 0 Å². The molecule has 3 rings (SSSR count). The van der Waals surface area contributed by atoms with Crippen LogP contribution in [0.5, 0.6) is 5.75 Å². The lowest BCUT2D eigenvalue weighted by Gasteiger charge is -2.09. The molecule has 0 N–H and O–H groups in total. The number of hydrogen-bond donors (Lipinski definition) is 0. The highest BCUT2D eigenvalue weighted by Gasteiger charge is 2.18. The Morgan fingerprint density at radius 1 is 1.04 bits per heavy atom. The van der Waals surface area contributed by atoms with E-state index in [0.717, 1.165) is 5.56 Å². The van der Waals surface area contributed by atoms with Crippen molar-refractivity contribution < 1.29 is 19.1 Å². The van der Waals surface area contributed by atoms with Crippen molar-refractivity contribution in [2.45, 2.75) is 6.92 Å². The summed E-state index contributed by atoms with van der Waals surface area (Å²) in [6.07, 6.45) is 1.50. The lowest BCUT2D eigenvalue weighted by atomic mass is 10.2. The molecule has 2 aromatic carbocycles. The minimum atomic E-state index is -0.474. The van der Waals surface area contributed by atoms with E-state index in [1.165, 1.54) is 17.9 Å². The van der Waals surface area contributed by atoms with E-state index in [4.69, 9.17) is 9.47 Å². The number of aryl methyl sites for hydroxylation is 1. The Kier molecular flexibility index (Phi) is 4.33. The van der Waals surface area contributed by atoms with Gasteiger partial charge in [0.15, 0.2) is 6.61 Å². The minimum absolute atomic E-state index is 0.121. The summed E-state index contributed by atoms with van der Waals surface area (Å²) in [5.74, 6) is -0.0716. The molecule has 0 bridgehead atoms. The standard InChI is InChI=1S/C19H17NO4/c1-13-7-3-6-10-17(13)24-12-18(21)20-11-15(19(22)23-2)14-8-4-5-9-16(14)20/h3-11H,12H2,1-2H3. The molecule has 0 spiro atoms. The van der Waals surface area contributed by atoms with Crippen molar-refractivity contribution in [2.75, 3.05) is 13.7 Å². The van der Waals surface area contributed by atoms with Gasteiger partial charge in [-0.3, -0.25) is 9.36 Å². The zero-order chi connectivity index (χ0) is 17.1. The number of esters is 1. The van der Waals surface area contributed by atoms with Crippen LogP contribution in [0.25, 0.3) is 10.9 Å². The Balaban J connectivity index is 1.90. The first-order valence-electron chi connectivity index (χ1n) is 7.52. The van der Waals surface area contributed by atoms with Crippen molar-refractivity contribution in [2.24, 2.45) is 0 Å². The molecule has 5 nitrogen and oxygen atoms in total. The average Bonchev–Trinajstić information content (AvgIpc) is 3.00. The molecule has 0 aliphatic carbocycles. The summed E-state index contributed by atoms with van der Waals surface area (Å²) < 4.78 is 11.8. The van der Waals surface area contributed by atoms with Crippen LogP contribution in [0.3, 0.4) is 0 Å². The fraction of sp³-hybridized carbons (Fsp3) is 0.158. The number of carbonyl (C=O) groups is 2. The lowest BCUT2D eigenvalue weighted by molar-refractivity contribution is 0.0603. The summed E-state index contributed by atoms with van der Waals surface area (Å²) in [5, 5.41) is 0.675. The average molecular weight is 323 g/mol. The van der Waals surface area contributed by atoms with Gasteiger partial charge < -0.3 is 9.47 Å². The van der Waals surface area contributed by atoms with E-state index >= 15 is 0 Å². The maximum atomic E-state index is 12.6. The first kappa shape index (κ1) is 15.8. The molecule has 0 fully saturated rings. The SMILES string of the molecule is COC(=O)c1cn(C(=O)COc2ccccc2C)c2ccccc12. The number of methoxy groups -OCH3 is 1. The van der Waals surface area contributed by atoms with Crippen molar-refractivity contribution in [3.8, 4) is 5.75 Å². The predicted octanol–water partition coefficient (Wildman–Crippen LogP) is 3.46. The van der Waals surface area contributed by atoms with Crippen LogP contribution in [0, 0.1) is 6.92 Å². The van der Waals surface area contributed by atoms with Gasteiger partial charge in [0.25, 0.3) is 5.91 Å². The summed E-state index contributed by atoms with van der Waals surface area (Å²) in [4.78, 5) is 24.5. The highest BCUT2D eigenvalue weighted by molar-refractivity contribution is 6.07. The van der Waals surface area contributed by atoms with Crippen LogP contribution in [0.1, 0.15) is 20.7 Å². The molecule has 5 heteroatoms. The largest absolute Gasteiger partial charge is 0.483 e. The lowest BCUT2D eigenvalue weighted by Crippen LogP contribution is -2.18. The van der Waals surface area contributed by atoms with Crippen molar-refractivity contribution >= 4 is 22.8 Å². The third kappa shape index (κ3) is 2.88. The molecule has 0 radical (unpaired) electrons. The molecule has 3 aromatic rings. The van der Waals surface area contributed by atoms with E-state index in [9.17, 15) is 9.59 Å². The molecule has 0 amide bonds. The number of nitrogens with zero attached hydrogens (tertiary/aromatic N) is 1. The van der Waals surface area contributed by atoms with Gasteiger partial charge in [-0.25, -0.2) is 4.79 Å². The van der Waals surface area contributed by atoms with E-state index < -0.39 is 5.97 Å². The second-order valence-electron chi connectivity index (χ2n) is 5.37. The monoisotopic (exact) mass is 323 g/mol. The number of fused-ring (bicyclic) bond motifs is 1. The topological polar surface area (TPSA) is 57.5 Å². The van der Waals surface area contributed by atoms with Gasteiger partial charge in [-0.05, 0) is 24.6 Å². The van der Waals surface area contributed by atoms with Crippen LogP contribution in [-0.4, -0.2) is 30.2 Å². The third-order valence-electron chi connectivity index (χ3n) is 3.83. The number of para-hydroxylation sites is 2. The Labute approximate surface area is 139 Å². The van der Waals surface area contributed by atoms with E-state index in [1.54, 1.807) is 12.1 Å². The molecule has 122 valence electrons. The van der Waals surface area contributed by atoms with Crippen molar-refractivity contribution in [3.63, 3.8) is 0 Å². The van der Waals surface area contributed by atoms with Gasteiger partial charge in [-0.2, -0.15) is 0 Å². The van der Waals surface area contributed by atoms with Gasteiger partial charge >= 0.3 is 5.97 Å². The van der Waals surface area contributed by atoms with Gasteiger partial charge in [-0.1, -0.05) is 36.4 Å². The minimum Gasteiger partial charge on any atom is -0.483 e. The van der Waals surface area contributed by atoms with E-state index in [0.29, 0.717) is 22.2 Å². The Bertz CT molecular complexity index is 911. The third-order valence-corrected chi connectivity index (χ3v) is 3.83. The molecule has 0 aliphatic rings. The van der Waals surface area contributed by atoms with Crippen molar-refractivity contribution in [1.82, 2.24) is 4.57 Å². The Morgan fingerprint density at radius 3 is 2.50 bits per heavy atom. The van der Waals surface area contributed by atoms with Crippen LogP contribution in [0.4, 0.5) is 0 Å². The number of rotatable bonds is 4. The summed E-state index contributed by atoms with van der Waals surface area (Å²) in [7, 11) is 1.32. The van der Waals surface area contributed by atoms with Gasteiger partial charge in [0.2, 0.25) is 0 Å². The quantitative estimate of drug-likeness (QED) is 0.690. The zero-order valence-corrected chi connectivity index (χ0v) is 13.5. The summed E-state index contributed by atoms with van der Waals surface area (Å²) in [5.41, 5.74) is 1.96. The van der Waals surface area contributed by atoms with Crippen molar-refractivity contribution in [1.29, 1.82) is 0 Å². The van der Waals surface area contributed by atoms with E-state index in [-0.39, 0.29) is 12.5 Å². The molecule has 24 heavy (non-hydrogen) atoms. The molecule has 0 saturated carbocycles. The Hall–Kier alpha value is -3.08. The normalized spacial score (nSPS) is 10.6. The van der Waals surface area contributed by atoms with Gasteiger partial charge in [0.1, 0.15) is 5.75 Å². The van der Waals surface area contributed by atoms with E-state index in [1.807, 2.05) is 43.3 Å². The number of ether oxygens (including phenoxy) is 2. The highest BCUT2D eigenvalue weighted by atomic mass is 16.5. The summed E-state index contributed by atoms with van der Waals surface area (Å²) >= 11 is 0. The molecule has 0 aliphatic heterocycles. The molecular formula is C19H17NO4. The summed E-state index contributed by atoms with van der Waals surface area (Å²) in [6.45, 7) is 1.80. The maximum absolute atomic E-state index is 12.6. The van der Waals surface area contributed by atoms with E-state index in [2.05, 4.69) is 0 Å². The fourth-order valence-electron chi connectivity index (χ4n) is 2.59. The fourth-order valence-corrected chi connectivity index (χ4v) is 2.59. The molecule has 1 aromatic heterocycles. The molecule has 1 heterocycles. The second kappa shape index (κ2) is 6.58. The van der Waals surface area contributed by atoms with Crippen LogP contribution in [-0.2, 0) is 4.74 Å². The predicted molar refractivity (Wildman–Crippen MR) is 90.6 cm³/mol. The summed E-state index contributed by atoms with van der Waals surface area (Å²) in [6, 6.07) is 14.7. The molecule has 0 atom stereocenters. The number of benzene rings is 2. The number of carbonyl (C=O) groups excluding carboxylic acids is 2. The zero-order valence-electron chi connectivity index (χ0n) is 13.5. The molecule has 0 saturated heterocycles. The van der Waals surface area contributed by atoms with Crippen molar-refractivity contribution in [3.05, 3.63) is 65.9 Å². The van der Waals surface area contributed by atoms with Gasteiger partial charge in [0, 0.05) is 11.6 Å². The maximum Gasteiger partial charge on any atom is 0.340 e. The van der Waals surface area contributed by atoms with Crippen LogP contribution < -0.4 is 4.74 Å². The first-order valence-corrected chi connectivity index (χ1v) is 7.52. The van der Waals surface area contributed by atoms with Crippen LogP contribution >= 0.6 is 0 Å². The first-order chi connectivity index (χ1) is 11.6. The molecular weight excluding hydrogens is 306 g/mol. The number of aromatic nitrogens is 1. The van der Waals surface area contributed by atoms with Crippen LogP contribution in [0.15, 0.2) is 54.7 Å². The Morgan fingerprint density at radius 2 is 1.75 bits per heavy atom. The highest BCUT2D eigenvalue weighted by Crippen LogP contribution is 2.22. The second-order valence-corrected chi connectivity index (χ2v) is 5.37. The van der Waals surface area contributed by atoms with Gasteiger partial charge in [0.05, 0.1) is 18.2 Å². The molecule has 0 unspecified atom stereocenters. The smallest absolute Gasteiger partial charge is 0.340 e. The number of hydrogen-bond acceptors (Lipinski definition) is 4. The van der Waals surface area contributed by atoms with Crippen LogP contribution in [0.2, 0.25) is 0 Å².